The van der Waals surface area contributed by atoms with Crippen LogP contribution in [0.4, 0.5) is 0 Å². The topological polar surface area (TPSA) is 36.9 Å². The molecule has 4 nitrogen and oxygen atoms in total. The maximum atomic E-state index is 6.17. The first kappa shape index (κ1) is 26.2. The number of unbranched alkanes of at least 4 members (excludes halogenated alkanes) is 1. The van der Waals surface area contributed by atoms with Crippen molar-refractivity contribution < 1.29 is 18.9 Å². The van der Waals surface area contributed by atoms with E-state index in [2.05, 4.69) is 13.8 Å². The van der Waals surface area contributed by atoms with Gasteiger partial charge in [-0.2, -0.15) is 0 Å². The zero-order valence-electron chi connectivity index (χ0n) is 19.5. The molecule has 0 aliphatic rings. The van der Waals surface area contributed by atoms with Crippen LogP contribution in [0, 0.1) is 0 Å². The highest BCUT2D eigenvalue weighted by molar-refractivity contribution is 6.55. The van der Waals surface area contributed by atoms with E-state index in [1.165, 1.54) is 0 Å². The Labute approximate surface area is 202 Å². The van der Waals surface area contributed by atoms with E-state index in [1.54, 1.807) is 6.08 Å². The zero-order valence-corrected chi connectivity index (χ0v) is 21.0. The van der Waals surface area contributed by atoms with Crippen LogP contribution in [0.3, 0.4) is 0 Å². The minimum absolute atomic E-state index is 0.166. The summed E-state index contributed by atoms with van der Waals surface area (Å²) in [6.45, 7) is 9.89. The maximum Gasteiger partial charge on any atom is 0.125 e. The first-order valence-corrected chi connectivity index (χ1v) is 12.0. The van der Waals surface area contributed by atoms with Gasteiger partial charge in [-0.1, -0.05) is 37.0 Å². The van der Waals surface area contributed by atoms with Crippen molar-refractivity contribution in [1.82, 2.24) is 0 Å². The molecule has 2 aromatic carbocycles. The van der Waals surface area contributed by atoms with Gasteiger partial charge in [-0.05, 0) is 93.1 Å². The SMILES string of the molecule is CCc1cc(OCC=C(Cl)Cl)cc(CC)c1OCCCCOc1ccc(OC(C)C)cc1. The normalized spacial score (nSPS) is 10.7. The Morgan fingerprint density at radius 2 is 1.38 bits per heavy atom. The fourth-order valence-electron chi connectivity index (χ4n) is 3.17. The van der Waals surface area contributed by atoms with Gasteiger partial charge >= 0.3 is 0 Å². The fraction of sp³-hybridized carbons (Fsp3) is 0.462. The molecular formula is C26H34Cl2O4. The van der Waals surface area contributed by atoms with E-state index in [-0.39, 0.29) is 10.6 Å². The summed E-state index contributed by atoms with van der Waals surface area (Å²) in [4.78, 5) is 0. The molecule has 0 fully saturated rings. The van der Waals surface area contributed by atoms with Gasteiger partial charge in [0.05, 0.1) is 19.3 Å². The van der Waals surface area contributed by atoms with Gasteiger partial charge < -0.3 is 18.9 Å². The molecule has 0 saturated carbocycles. The van der Waals surface area contributed by atoms with Crippen molar-refractivity contribution in [3.8, 4) is 23.0 Å². The van der Waals surface area contributed by atoms with Crippen molar-refractivity contribution in [2.45, 2.75) is 59.5 Å². The molecule has 0 unspecified atom stereocenters. The van der Waals surface area contributed by atoms with E-state index in [4.69, 9.17) is 42.1 Å². The number of benzene rings is 2. The number of hydrogen-bond acceptors (Lipinski definition) is 4. The third-order valence-electron chi connectivity index (χ3n) is 4.72. The van der Waals surface area contributed by atoms with Crippen molar-refractivity contribution in [3.05, 3.63) is 58.1 Å². The molecule has 32 heavy (non-hydrogen) atoms. The van der Waals surface area contributed by atoms with Crippen molar-refractivity contribution in [1.29, 1.82) is 0 Å². The van der Waals surface area contributed by atoms with E-state index in [1.807, 2.05) is 50.2 Å². The van der Waals surface area contributed by atoms with Crippen LogP contribution in [0.1, 0.15) is 51.7 Å². The highest BCUT2D eigenvalue weighted by Gasteiger charge is 2.11. The summed E-state index contributed by atoms with van der Waals surface area (Å²) in [7, 11) is 0. The Morgan fingerprint density at radius 1 is 0.812 bits per heavy atom. The van der Waals surface area contributed by atoms with Gasteiger partial charge in [0.15, 0.2) is 0 Å². The van der Waals surface area contributed by atoms with E-state index >= 15 is 0 Å². The molecule has 0 atom stereocenters. The largest absolute Gasteiger partial charge is 0.494 e. The third-order valence-corrected chi connectivity index (χ3v) is 5.02. The second-order valence-corrected chi connectivity index (χ2v) is 8.63. The Balaban J connectivity index is 1.80. The van der Waals surface area contributed by atoms with Crippen molar-refractivity contribution in [2.75, 3.05) is 19.8 Å². The molecule has 0 N–H and O–H groups in total. The first-order valence-electron chi connectivity index (χ1n) is 11.2. The van der Waals surface area contributed by atoms with Gasteiger partial charge in [-0.3, -0.25) is 0 Å². The standard InChI is InChI=1S/C26H34Cl2O4/c1-5-20-17-24(30-16-13-25(27)28)18-21(6-2)26(20)31-15-8-7-14-29-22-9-11-23(12-10-22)32-19(3)4/h9-13,17-19H,5-8,14-16H2,1-4H3. The Bertz CT molecular complexity index is 818. The van der Waals surface area contributed by atoms with Crippen LogP contribution in [0.2, 0.25) is 0 Å². The monoisotopic (exact) mass is 480 g/mol. The van der Waals surface area contributed by atoms with Crippen molar-refractivity contribution >= 4 is 23.2 Å². The summed E-state index contributed by atoms with van der Waals surface area (Å²) >= 11 is 11.3. The van der Waals surface area contributed by atoms with Crippen LogP contribution < -0.4 is 18.9 Å². The van der Waals surface area contributed by atoms with Gasteiger partial charge in [0, 0.05) is 0 Å². The number of aryl methyl sites for hydroxylation is 2. The smallest absolute Gasteiger partial charge is 0.125 e. The highest BCUT2D eigenvalue weighted by Crippen LogP contribution is 2.31. The van der Waals surface area contributed by atoms with Gasteiger partial charge in [0.1, 0.15) is 34.1 Å². The summed E-state index contributed by atoms with van der Waals surface area (Å²) in [6.07, 6.45) is 5.36. The lowest BCUT2D eigenvalue weighted by Crippen LogP contribution is -2.07. The van der Waals surface area contributed by atoms with E-state index < -0.39 is 0 Å². The molecule has 0 aromatic heterocycles. The second-order valence-electron chi connectivity index (χ2n) is 7.62. The predicted octanol–water partition coefficient (Wildman–Crippen LogP) is 7.53. The van der Waals surface area contributed by atoms with Crippen molar-refractivity contribution in [3.63, 3.8) is 0 Å². The van der Waals surface area contributed by atoms with E-state index in [0.717, 1.165) is 59.8 Å². The summed E-state index contributed by atoms with van der Waals surface area (Å²) in [5, 5.41) is 0. The molecule has 6 heteroatoms. The number of rotatable bonds is 14. The summed E-state index contributed by atoms with van der Waals surface area (Å²) in [6, 6.07) is 11.8. The van der Waals surface area contributed by atoms with Crippen LogP contribution in [0.25, 0.3) is 0 Å². The molecule has 2 aromatic rings. The number of hydrogen-bond donors (Lipinski definition) is 0. The predicted molar refractivity (Wildman–Crippen MR) is 133 cm³/mol. The average Bonchev–Trinajstić information content (AvgIpc) is 2.76. The van der Waals surface area contributed by atoms with Crippen LogP contribution in [-0.4, -0.2) is 25.9 Å². The summed E-state index contributed by atoms with van der Waals surface area (Å²) in [5.41, 5.74) is 2.28. The average molecular weight is 481 g/mol. The van der Waals surface area contributed by atoms with E-state index in [0.29, 0.717) is 19.8 Å². The van der Waals surface area contributed by atoms with E-state index in [9.17, 15) is 0 Å². The fourth-order valence-corrected chi connectivity index (χ4v) is 3.30. The lowest BCUT2D eigenvalue weighted by molar-refractivity contribution is 0.241. The Morgan fingerprint density at radius 3 is 1.91 bits per heavy atom. The molecule has 0 radical (unpaired) electrons. The van der Waals surface area contributed by atoms with Crippen LogP contribution in [0.5, 0.6) is 23.0 Å². The molecular weight excluding hydrogens is 447 g/mol. The summed E-state index contributed by atoms with van der Waals surface area (Å²) < 4.78 is 23.6. The van der Waals surface area contributed by atoms with Crippen LogP contribution in [0.15, 0.2) is 47.0 Å². The Hall–Kier alpha value is -2.04. The van der Waals surface area contributed by atoms with Crippen LogP contribution in [-0.2, 0) is 12.8 Å². The molecule has 0 saturated heterocycles. The molecule has 0 bridgehead atoms. The molecule has 0 heterocycles. The number of halogens is 2. The first-order chi connectivity index (χ1) is 15.4. The molecule has 176 valence electrons. The zero-order chi connectivity index (χ0) is 23.3. The minimum atomic E-state index is 0.166. The second kappa shape index (κ2) is 14.2. The molecule has 0 spiro atoms. The molecule has 2 rings (SSSR count). The number of ether oxygens (including phenoxy) is 4. The minimum Gasteiger partial charge on any atom is -0.494 e. The highest BCUT2D eigenvalue weighted by atomic mass is 35.5. The third kappa shape index (κ3) is 9.22. The van der Waals surface area contributed by atoms with Gasteiger partial charge in [0.25, 0.3) is 0 Å². The van der Waals surface area contributed by atoms with Gasteiger partial charge in [-0.25, -0.2) is 0 Å². The summed E-state index contributed by atoms with van der Waals surface area (Å²) in [5.74, 6) is 3.48. The lowest BCUT2D eigenvalue weighted by atomic mass is 10.0. The van der Waals surface area contributed by atoms with Crippen LogP contribution >= 0.6 is 23.2 Å². The Kier molecular flexibility index (Phi) is 11.6. The quantitative estimate of drug-likeness (QED) is 0.261. The van der Waals surface area contributed by atoms with Gasteiger partial charge in [-0.15, -0.1) is 0 Å². The lowest BCUT2D eigenvalue weighted by Gasteiger charge is -2.17. The molecule has 0 amide bonds. The van der Waals surface area contributed by atoms with Crippen molar-refractivity contribution in [2.24, 2.45) is 0 Å². The molecule has 0 aliphatic heterocycles. The molecule has 0 aliphatic carbocycles. The van der Waals surface area contributed by atoms with Gasteiger partial charge in [0.2, 0.25) is 0 Å². The maximum absolute atomic E-state index is 6.17.